The number of hydrogen-bond donors (Lipinski definition) is 3. The van der Waals surface area contributed by atoms with Crippen LogP contribution in [0.2, 0.25) is 0 Å². The molecule has 2 aliphatic rings. The third-order valence-electron chi connectivity index (χ3n) is 6.74. The third kappa shape index (κ3) is 7.67. The second-order valence-electron chi connectivity index (χ2n) is 11.3. The Morgan fingerprint density at radius 1 is 1.03 bits per heavy atom. The van der Waals surface area contributed by atoms with Crippen LogP contribution in [0.25, 0.3) is 0 Å². The predicted molar refractivity (Wildman–Crippen MR) is 137 cm³/mol. The van der Waals surface area contributed by atoms with Crippen molar-refractivity contribution in [1.82, 2.24) is 24.7 Å². The summed E-state index contributed by atoms with van der Waals surface area (Å²) in [6, 6.07) is 1.26. The van der Waals surface area contributed by atoms with Gasteiger partial charge in [-0.15, -0.1) is 0 Å². The van der Waals surface area contributed by atoms with Crippen molar-refractivity contribution in [3.63, 3.8) is 0 Å². The lowest BCUT2D eigenvalue weighted by Crippen LogP contribution is -2.60. The number of piperazine rings is 1. The van der Waals surface area contributed by atoms with Crippen LogP contribution in [0.5, 0.6) is 0 Å². The number of amides is 4. The van der Waals surface area contributed by atoms with Gasteiger partial charge in [0, 0.05) is 45.0 Å². The summed E-state index contributed by atoms with van der Waals surface area (Å²) < 4.78 is 6.85. The third-order valence-corrected chi connectivity index (χ3v) is 6.74. The fourth-order valence-corrected chi connectivity index (χ4v) is 4.67. The molecule has 1 aliphatic carbocycles. The summed E-state index contributed by atoms with van der Waals surface area (Å²) >= 11 is 0. The van der Waals surface area contributed by atoms with Crippen LogP contribution < -0.4 is 16.3 Å². The summed E-state index contributed by atoms with van der Waals surface area (Å²) in [6.45, 7) is 9.85. The van der Waals surface area contributed by atoms with Gasteiger partial charge in [0.2, 0.25) is 5.91 Å². The Morgan fingerprint density at radius 3 is 2.16 bits per heavy atom. The first kappa shape index (κ1) is 28.4. The van der Waals surface area contributed by atoms with Crippen LogP contribution in [0.1, 0.15) is 66.3 Å². The molecule has 0 bridgehead atoms. The van der Waals surface area contributed by atoms with Gasteiger partial charge < -0.3 is 25.0 Å². The molecule has 0 atom stereocenters. The quantitative estimate of drug-likeness (QED) is 0.538. The Labute approximate surface area is 217 Å². The molecule has 3 N–H and O–H groups in total. The Bertz CT molecular complexity index is 1030. The summed E-state index contributed by atoms with van der Waals surface area (Å²) in [7, 11) is 0. The maximum Gasteiger partial charge on any atom is 0.408 e. The van der Waals surface area contributed by atoms with Crippen LogP contribution >= 0.6 is 0 Å². The fourth-order valence-electron chi connectivity index (χ4n) is 4.67. The molecule has 12 heteroatoms. The van der Waals surface area contributed by atoms with Crippen molar-refractivity contribution < 1.29 is 24.2 Å². The Kier molecular flexibility index (Phi) is 8.83. The van der Waals surface area contributed by atoms with Crippen LogP contribution in [0, 0.1) is 5.92 Å². The standard InChI is InChI=1S/C25H40N6O6/c1-24(2,3)37-23(36)28-25(4,5)20(33)29-12-14-30(15-13-29)21(34)26-19-10-11-31(22(35)27-19)18-8-6-17(16-32)7-9-18/h10-11,17-18,32H,6-9,12-16H2,1-5H3,(H,28,36)(H,26,27,34,35)/t17-,18-. The van der Waals surface area contributed by atoms with Crippen LogP contribution in [0.4, 0.5) is 15.4 Å². The van der Waals surface area contributed by atoms with Crippen LogP contribution in [-0.4, -0.2) is 86.4 Å². The molecular formula is C25H40N6O6. The number of aromatic nitrogens is 2. The Morgan fingerprint density at radius 2 is 1.62 bits per heavy atom. The molecule has 1 aromatic rings. The number of nitrogens with zero attached hydrogens (tertiary/aromatic N) is 4. The van der Waals surface area contributed by atoms with Gasteiger partial charge in [-0.05, 0) is 72.3 Å². The van der Waals surface area contributed by atoms with E-state index in [1.54, 1.807) is 61.2 Å². The van der Waals surface area contributed by atoms with Crippen molar-refractivity contribution in [2.24, 2.45) is 5.92 Å². The van der Waals surface area contributed by atoms with E-state index in [1.807, 2.05) is 0 Å². The summed E-state index contributed by atoms with van der Waals surface area (Å²) in [5, 5.41) is 14.6. The average molecular weight is 521 g/mol. The van der Waals surface area contributed by atoms with E-state index in [0.29, 0.717) is 32.1 Å². The maximum absolute atomic E-state index is 13.0. The topological polar surface area (TPSA) is 146 Å². The van der Waals surface area contributed by atoms with Gasteiger partial charge in [0.05, 0.1) is 0 Å². The van der Waals surface area contributed by atoms with Gasteiger partial charge in [0.25, 0.3) is 0 Å². The van der Waals surface area contributed by atoms with Gasteiger partial charge in [-0.3, -0.25) is 14.7 Å². The first-order valence-corrected chi connectivity index (χ1v) is 12.9. The number of nitrogens with one attached hydrogen (secondary N) is 2. The minimum Gasteiger partial charge on any atom is -0.444 e. The van der Waals surface area contributed by atoms with Crippen molar-refractivity contribution in [2.75, 3.05) is 38.1 Å². The molecule has 37 heavy (non-hydrogen) atoms. The van der Waals surface area contributed by atoms with Gasteiger partial charge in [-0.25, -0.2) is 14.4 Å². The lowest BCUT2D eigenvalue weighted by molar-refractivity contribution is -0.138. The molecule has 2 heterocycles. The van der Waals surface area contributed by atoms with E-state index in [9.17, 15) is 24.3 Å². The summed E-state index contributed by atoms with van der Waals surface area (Å²) in [5.74, 6) is 0.203. The molecule has 12 nitrogen and oxygen atoms in total. The van der Waals surface area contributed by atoms with Crippen molar-refractivity contribution >= 4 is 23.8 Å². The van der Waals surface area contributed by atoms with Gasteiger partial charge in [-0.2, -0.15) is 4.98 Å². The molecule has 1 saturated carbocycles. The van der Waals surface area contributed by atoms with Gasteiger partial charge in [0.15, 0.2) is 0 Å². The predicted octanol–water partition coefficient (Wildman–Crippen LogP) is 1.95. The lowest BCUT2D eigenvalue weighted by atomic mass is 9.86. The number of aliphatic hydroxyl groups excluding tert-OH is 1. The minimum absolute atomic E-state index is 0.0484. The number of alkyl carbamates (subject to hydrolysis) is 1. The zero-order valence-corrected chi connectivity index (χ0v) is 22.5. The van der Waals surface area contributed by atoms with E-state index in [0.717, 1.165) is 25.7 Å². The molecule has 3 rings (SSSR count). The molecule has 0 spiro atoms. The summed E-state index contributed by atoms with van der Waals surface area (Å²) in [5.41, 5.74) is -2.26. The molecule has 0 radical (unpaired) electrons. The molecule has 1 saturated heterocycles. The zero-order valence-electron chi connectivity index (χ0n) is 22.5. The Balaban J connectivity index is 1.50. The van der Waals surface area contributed by atoms with Crippen LogP contribution in [-0.2, 0) is 9.53 Å². The number of aliphatic hydroxyl groups is 1. The normalized spacial score (nSPS) is 20.8. The zero-order chi connectivity index (χ0) is 27.4. The second kappa shape index (κ2) is 11.5. The highest BCUT2D eigenvalue weighted by molar-refractivity contribution is 5.90. The van der Waals surface area contributed by atoms with Crippen molar-refractivity contribution in [2.45, 2.75) is 77.5 Å². The van der Waals surface area contributed by atoms with Crippen molar-refractivity contribution in [3.8, 4) is 0 Å². The highest BCUT2D eigenvalue weighted by Gasteiger charge is 2.37. The average Bonchev–Trinajstić information content (AvgIpc) is 2.82. The number of ether oxygens (including phenoxy) is 1. The molecule has 0 unspecified atom stereocenters. The highest BCUT2D eigenvalue weighted by Crippen LogP contribution is 2.31. The SMILES string of the molecule is CC(C)(C)OC(=O)NC(C)(C)C(=O)N1CCN(C(=O)Nc2ccn([C@H]3CC[C@H](CO)CC3)c(=O)n2)CC1. The first-order chi connectivity index (χ1) is 17.3. The number of carbonyl (C=O) groups excluding carboxylic acids is 3. The largest absolute Gasteiger partial charge is 0.444 e. The van der Waals surface area contributed by atoms with E-state index in [4.69, 9.17) is 4.74 Å². The van der Waals surface area contributed by atoms with E-state index in [1.165, 1.54) is 0 Å². The van der Waals surface area contributed by atoms with Gasteiger partial charge in [0.1, 0.15) is 17.0 Å². The number of anilines is 1. The Hall–Kier alpha value is -3.15. The lowest BCUT2D eigenvalue weighted by Gasteiger charge is -2.38. The molecule has 4 amide bonds. The first-order valence-electron chi connectivity index (χ1n) is 12.9. The maximum atomic E-state index is 13.0. The smallest absolute Gasteiger partial charge is 0.408 e. The van der Waals surface area contributed by atoms with Gasteiger partial charge >= 0.3 is 17.8 Å². The van der Waals surface area contributed by atoms with Crippen molar-refractivity contribution in [3.05, 3.63) is 22.7 Å². The molecule has 1 aliphatic heterocycles. The molecule has 0 aromatic carbocycles. The van der Waals surface area contributed by atoms with Crippen LogP contribution in [0.3, 0.4) is 0 Å². The molecular weight excluding hydrogens is 480 g/mol. The van der Waals surface area contributed by atoms with E-state index < -0.39 is 29.0 Å². The monoisotopic (exact) mass is 520 g/mol. The minimum atomic E-state index is -1.17. The summed E-state index contributed by atoms with van der Waals surface area (Å²) in [4.78, 5) is 57.6. The van der Waals surface area contributed by atoms with E-state index in [2.05, 4.69) is 15.6 Å². The van der Waals surface area contributed by atoms with E-state index >= 15 is 0 Å². The highest BCUT2D eigenvalue weighted by atomic mass is 16.6. The summed E-state index contributed by atoms with van der Waals surface area (Å²) in [6.07, 6.45) is 4.35. The molecule has 2 fully saturated rings. The molecule has 1 aromatic heterocycles. The van der Waals surface area contributed by atoms with E-state index in [-0.39, 0.29) is 24.4 Å². The number of rotatable bonds is 5. The number of hydrogen-bond acceptors (Lipinski definition) is 7. The second-order valence-corrected chi connectivity index (χ2v) is 11.3. The number of urea groups is 1. The molecule has 206 valence electrons. The van der Waals surface area contributed by atoms with Gasteiger partial charge in [-0.1, -0.05) is 0 Å². The number of carbonyl (C=O) groups is 3. The fraction of sp³-hybridized carbons (Fsp3) is 0.720. The van der Waals surface area contributed by atoms with Crippen LogP contribution in [0.15, 0.2) is 17.1 Å². The van der Waals surface area contributed by atoms with Crippen molar-refractivity contribution in [1.29, 1.82) is 0 Å².